The van der Waals surface area contributed by atoms with Gasteiger partial charge in [-0.15, -0.1) is 0 Å². The zero-order valence-electron chi connectivity index (χ0n) is 13.2. The summed E-state index contributed by atoms with van der Waals surface area (Å²) in [5, 5.41) is 15.2. The topological polar surface area (TPSA) is 38.0 Å². The van der Waals surface area contributed by atoms with E-state index < -0.39 is 6.10 Å². The van der Waals surface area contributed by atoms with Gasteiger partial charge in [-0.25, -0.2) is 0 Å². The maximum absolute atomic E-state index is 10.6. The normalized spacial score (nSPS) is 12.7. The average Bonchev–Trinajstić information content (AvgIpc) is 2.77. The molecule has 0 radical (unpaired) electrons. The van der Waals surface area contributed by atoms with Crippen molar-refractivity contribution >= 4 is 15.9 Å². The molecule has 1 unspecified atom stereocenters. The second-order valence-corrected chi connectivity index (χ2v) is 6.25. The maximum Gasteiger partial charge on any atom is 0.0848 e. The van der Waals surface area contributed by atoms with Gasteiger partial charge in [0.1, 0.15) is 0 Å². The Hall–Kier alpha value is -1.13. The molecular formula is C17H23BrN2O. The number of benzene rings is 1. The van der Waals surface area contributed by atoms with E-state index in [-0.39, 0.29) is 0 Å². The number of aliphatic hydroxyl groups is 1. The van der Waals surface area contributed by atoms with E-state index in [0.717, 1.165) is 40.0 Å². The van der Waals surface area contributed by atoms with Crippen molar-refractivity contribution < 1.29 is 5.11 Å². The van der Waals surface area contributed by atoms with E-state index in [1.165, 1.54) is 5.56 Å². The van der Waals surface area contributed by atoms with Gasteiger partial charge in [0.05, 0.1) is 22.0 Å². The molecule has 0 amide bonds. The lowest BCUT2D eigenvalue weighted by atomic mass is 9.98. The van der Waals surface area contributed by atoms with Gasteiger partial charge in [0.15, 0.2) is 0 Å². The van der Waals surface area contributed by atoms with Gasteiger partial charge < -0.3 is 5.11 Å². The first-order valence-electron chi connectivity index (χ1n) is 7.47. The minimum absolute atomic E-state index is 0.507. The second-order valence-electron chi connectivity index (χ2n) is 5.46. The van der Waals surface area contributed by atoms with Gasteiger partial charge in [-0.3, -0.25) is 4.68 Å². The fourth-order valence-corrected chi connectivity index (χ4v) is 3.35. The summed E-state index contributed by atoms with van der Waals surface area (Å²) < 4.78 is 3.02. The van der Waals surface area contributed by atoms with Crippen LogP contribution in [0, 0.1) is 13.8 Å². The summed E-state index contributed by atoms with van der Waals surface area (Å²) in [6.07, 6.45) is 0.958. The Morgan fingerprint density at radius 2 is 2.00 bits per heavy atom. The average molecular weight is 351 g/mol. The van der Waals surface area contributed by atoms with E-state index in [9.17, 15) is 5.11 Å². The summed E-state index contributed by atoms with van der Waals surface area (Å²) in [7, 11) is 0. The van der Waals surface area contributed by atoms with Crippen LogP contribution in [0.5, 0.6) is 0 Å². The second kappa shape index (κ2) is 6.75. The van der Waals surface area contributed by atoms with Crippen molar-refractivity contribution in [2.75, 3.05) is 0 Å². The Kier molecular flexibility index (Phi) is 5.22. The number of nitrogens with zero attached hydrogens (tertiary/aromatic N) is 2. The van der Waals surface area contributed by atoms with Crippen molar-refractivity contribution in [3.05, 3.63) is 50.8 Å². The lowest BCUT2D eigenvalue weighted by Gasteiger charge is -2.15. The number of hydrogen-bond donors (Lipinski definition) is 1. The highest BCUT2D eigenvalue weighted by Gasteiger charge is 2.19. The molecule has 3 nitrogen and oxygen atoms in total. The Morgan fingerprint density at radius 3 is 2.62 bits per heavy atom. The number of aromatic nitrogens is 2. The maximum atomic E-state index is 10.6. The van der Waals surface area contributed by atoms with Crippen LogP contribution in [0.25, 0.3) is 0 Å². The van der Waals surface area contributed by atoms with Crippen molar-refractivity contribution in [3.8, 4) is 0 Å². The first-order chi connectivity index (χ1) is 9.97. The highest BCUT2D eigenvalue weighted by Crippen LogP contribution is 2.28. The third kappa shape index (κ3) is 3.38. The highest BCUT2D eigenvalue weighted by molar-refractivity contribution is 9.10. The molecule has 0 spiro atoms. The van der Waals surface area contributed by atoms with Crippen LogP contribution in [0.1, 0.15) is 48.0 Å². The van der Waals surface area contributed by atoms with Crippen molar-refractivity contribution in [2.24, 2.45) is 0 Å². The summed E-state index contributed by atoms with van der Waals surface area (Å²) in [6, 6.07) is 6.21. The molecule has 0 saturated carbocycles. The molecule has 114 valence electrons. The number of aryl methyl sites for hydroxylation is 4. The smallest absolute Gasteiger partial charge is 0.0848 e. The largest absolute Gasteiger partial charge is 0.388 e. The van der Waals surface area contributed by atoms with Crippen LogP contribution in [-0.4, -0.2) is 14.9 Å². The van der Waals surface area contributed by atoms with Gasteiger partial charge in [-0.1, -0.05) is 30.7 Å². The van der Waals surface area contributed by atoms with Gasteiger partial charge in [-0.2, -0.15) is 5.10 Å². The van der Waals surface area contributed by atoms with Gasteiger partial charge in [-0.05, 0) is 54.2 Å². The quantitative estimate of drug-likeness (QED) is 0.880. The molecule has 0 saturated heterocycles. The van der Waals surface area contributed by atoms with Crippen LogP contribution in [-0.2, 0) is 19.4 Å². The zero-order chi connectivity index (χ0) is 15.6. The molecule has 1 N–H and O–H groups in total. The van der Waals surface area contributed by atoms with Crippen molar-refractivity contribution in [1.29, 1.82) is 0 Å². The molecule has 1 aromatic heterocycles. The van der Waals surface area contributed by atoms with Crippen LogP contribution in [0.2, 0.25) is 0 Å². The molecule has 1 atom stereocenters. The first kappa shape index (κ1) is 16.2. The molecule has 0 bridgehead atoms. The molecule has 2 rings (SSSR count). The summed E-state index contributed by atoms with van der Waals surface area (Å²) in [5.41, 5.74) is 5.43. The molecule has 0 aliphatic rings. The lowest BCUT2D eigenvalue weighted by Crippen LogP contribution is -2.10. The third-order valence-corrected chi connectivity index (χ3v) is 4.79. The molecule has 1 heterocycles. The van der Waals surface area contributed by atoms with E-state index in [4.69, 9.17) is 0 Å². The zero-order valence-corrected chi connectivity index (χ0v) is 14.7. The Bertz CT molecular complexity index is 634. The third-order valence-electron chi connectivity index (χ3n) is 3.87. The summed E-state index contributed by atoms with van der Waals surface area (Å²) in [4.78, 5) is 0. The van der Waals surface area contributed by atoms with Crippen LogP contribution in [0.4, 0.5) is 0 Å². The number of aliphatic hydroxyl groups excluding tert-OH is 1. The van der Waals surface area contributed by atoms with Crippen LogP contribution < -0.4 is 0 Å². The van der Waals surface area contributed by atoms with Crippen molar-refractivity contribution in [1.82, 2.24) is 9.78 Å². The summed E-state index contributed by atoms with van der Waals surface area (Å²) in [5.74, 6) is 0. The van der Waals surface area contributed by atoms with E-state index in [1.807, 2.05) is 11.6 Å². The Morgan fingerprint density at radius 1 is 1.29 bits per heavy atom. The predicted molar refractivity (Wildman–Crippen MR) is 89.6 cm³/mol. The molecule has 4 heteroatoms. The fraction of sp³-hybridized carbons (Fsp3) is 0.471. The molecule has 0 fully saturated rings. The highest BCUT2D eigenvalue weighted by atomic mass is 79.9. The molecule has 1 aromatic carbocycles. The van der Waals surface area contributed by atoms with Gasteiger partial charge in [0.25, 0.3) is 0 Å². The van der Waals surface area contributed by atoms with Crippen LogP contribution in [0.15, 0.2) is 22.7 Å². The van der Waals surface area contributed by atoms with Crippen molar-refractivity contribution in [2.45, 2.75) is 53.2 Å². The molecule has 2 aromatic rings. The van der Waals surface area contributed by atoms with Crippen LogP contribution in [0.3, 0.4) is 0 Å². The van der Waals surface area contributed by atoms with E-state index in [0.29, 0.717) is 6.42 Å². The minimum atomic E-state index is -0.507. The first-order valence-corrected chi connectivity index (χ1v) is 8.26. The standard InChI is InChI=1S/C17H23BrN2O/c1-5-14-17(18)15(20(6-2)19-14)10-16(21)13-9-11(3)7-8-12(13)4/h7-9,16,21H,5-6,10H2,1-4H3. The monoisotopic (exact) mass is 350 g/mol. The number of hydrogen-bond acceptors (Lipinski definition) is 2. The van der Waals surface area contributed by atoms with Gasteiger partial charge >= 0.3 is 0 Å². The number of halogens is 1. The Labute approximate surface area is 135 Å². The van der Waals surface area contributed by atoms with E-state index in [2.05, 4.69) is 60.0 Å². The lowest BCUT2D eigenvalue weighted by molar-refractivity contribution is 0.174. The fourth-order valence-electron chi connectivity index (χ4n) is 2.62. The van der Waals surface area contributed by atoms with Crippen LogP contribution >= 0.6 is 15.9 Å². The molecule has 21 heavy (non-hydrogen) atoms. The molecular weight excluding hydrogens is 328 g/mol. The van der Waals surface area contributed by atoms with Crippen molar-refractivity contribution in [3.63, 3.8) is 0 Å². The molecule has 0 aliphatic carbocycles. The minimum Gasteiger partial charge on any atom is -0.388 e. The summed E-state index contributed by atoms with van der Waals surface area (Å²) >= 11 is 3.64. The van der Waals surface area contributed by atoms with Gasteiger partial charge in [0.2, 0.25) is 0 Å². The summed E-state index contributed by atoms with van der Waals surface area (Å²) in [6.45, 7) is 9.08. The predicted octanol–water partition coefficient (Wildman–Crippen LogP) is 4.12. The van der Waals surface area contributed by atoms with Gasteiger partial charge in [0, 0.05) is 13.0 Å². The number of rotatable bonds is 5. The van der Waals surface area contributed by atoms with E-state index >= 15 is 0 Å². The van der Waals surface area contributed by atoms with E-state index in [1.54, 1.807) is 0 Å². The SMILES string of the molecule is CCc1nn(CC)c(CC(O)c2cc(C)ccc2C)c1Br. The molecule has 0 aliphatic heterocycles. The Balaban J connectivity index is 2.33.